The third-order valence-electron chi connectivity index (χ3n) is 3.42. The van der Waals surface area contributed by atoms with Crippen LogP contribution in [-0.4, -0.2) is 26.4 Å². The average Bonchev–Trinajstić information content (AvgIpc) is 2.63. The van der Waals surface area contributed by atoms with Crippen LogP contribution in [0.3, 0.4) is 0 Å². The van der Waals surface area contributed by atoms with Gasteiger partial charge in [0, 0.05) is 18.8 Å². The first-order valence-electron chi connectivity index (χ1n) is 8.58. The molecule has 24 heavy (non-hydrogen) atoms. The van der Waals surface area contributed by atoms with Crippen molar-refractivity contribution in [2.45, 2.75) is 26.8 Å². The van der Waals surface area contributed by atoms with Gasteiger partial charge < -0.3 is 19.5 Å². The van der Waals surface area contributed by atoms with Crippen molar-refractivity contribution in [3.63, 3.8) is 0 Å². The molecule has 0 aliphatic heterocycles. The SMILES string of the molecule is CCCOc1cccc(CNc2ccc(OCCOCC)cc2)c1. The zero-order valence-electron chi connectivity index (χ0n) is 14.6. The van der Waals surface area contributed by atoms with Crippen molar-refractivity contribution in [3.05, 3.63) is 54.1 Å². The molecule has 0 spiro atoms. The molecule has 0 radical (unpaired) electrons. The Morgan fingerprint density at radius 3 is 2.38 bits per heavy atom. The van der Waals surface area contributed by atoms with Gasteiger partial charge in [-0.15, -0.1) is 0 Å². The molecule has 2 aromatic rings. The second-order valence-electron chi connectivity index (χ2n) is 5.42. The number of hydrogen-bond donors (Lipinski definition) is 1. The van der Waals surface area contributed by atoms with Crippen LogP contribution in [0.2, 0.25) is 0 Å². The summed E-state index contributed by atoms with van der Waals surface area (Å²) < 4.78 is 16.5. The largest absolute Gasteiger partial charge is 0.494 e. The molecule has 4 heteroatoms. The molecule has 0 saturated carbocycles. The second kappa shape index (κ2) is 10.6. The molecule has 0 bridgehead atoms. The molecular weight excluding hydrogens is 302 g/mol. The molecule has 1 N–H and O–H groups in total. The summed E-state index contributed by atoms with van der Waals surface area (Å²) in [5.41, 5.74) is 2.26. The Hall–Kier alpha value is -2.20. The summed E-state index contributed by atoms with van der Waals surface area (Å²) in [6, 6.07) is 16.2. The number of benzene rings is 2. The van der Waals surface area contributed by atoms with Crippen LogP contribution >= 0.6 is 0 Å². The van der Waals surface area contributed by atoms with Crippen LogP contribution < -0.4 is 14.8 Å². The fourth-order valence-corrected chi connectivity index (χ4v) is 2.20. The van der Waals surface area contributed by atoms with Gasteiger partial charge in [-0.25, -0.2) is 0 Å². The topological polar surface area (TPSA) is 39.7 Å². The molecule has 130 valence electrons. The molecule has 0 aromatic heterocycles. The van der Waals surface area contributed by atoms with Crippen molar-refractivity contribution in [2.75, 3.05) is 31.7 Å². The Bertz CT molecular complexity index is 584. The highest BCUT2D eigenvalue weighted by molar-refractivity contribution is 5.47. The van der Waals surface area contributed by atoms with E-state index >= 15 is 0 Å². The Balaban J connectivity index is 1.79. The van der Waals surface area contributed by atoms with Crippen molar-refractivity contribution >= 4 is 5.69 Å². The summed E-state index contributed by atoms with van der Waals surface area (Å²) >= 11 is 0. The Morgan fingerprint density at radius 1 is 0.833 bits per heavy atom. The maximum absolute atomic E-state index is 5.66. The van der Waals surface area contributed by atoms with Crippen LogP contribution in [0.4, 0.5) is 5.69 Å². The highest BCUT2D eigenvalue weighted by Crippen LogP contribution is 2.18. The summed E-state index contributed by atoms with van der Waals surface area (Å²) in [5.74, 6) is 1.78. The Morgan fingerprint density at radius 2 is 1.62 bits per heavy atom. The summed E-state index contributed by atoms with van der Waals surface area (Å²) in [6.07, 6.45) is 1.02. The van der Waals surface area contributed by atoms with E-state index < -0.39 is 0 Å². The molecular formula is C20H27NO3. The lowest BCUT2D eigenvalue weighted by Crippen LogP contribution is -2.06. The molecule has 0 unspecified atom stereocenters. The predicted octanol–water partition coefficient (Wildman–Crippen LogP) is 4.50. The summed E-state index contributed by atoms with van der Waals surface area (Å²) in [6.45, 7) is 7.51. The quantitative estimate of drug-likeness (QED) is 0.616. The number of rotatable bonds is 11. The van der Waals surface area contributed by atoms with E-state index in [0.717, 1.165) is 43.4 Å². The fourth-order valence-electron chi connectivity index (χ4n) is 2.20. The summed E-state index contributed by atoms with van der Waals surface area (Å²) in [5, 5.41) is 3.41. The van der Waals surface area contributed by atoms with Gasteiger partial charge in [-0.05, 0) is 55.3 Å². The van der Waals surface area contributed by atoms with Crippen LogP contribution in [0.25, 0.3) is 0 Å². The molecule has 0 aliphatic rings. The van der Waals surface area contributed by atoms with E-state index in [1.165, 1.54) is 5.56 Å². The van der Waals surface area contributed by atoms with E-state index in [9.17, 15) is 0 Å². The standard InChI is InChI=1S/C20H27NO3/c1-3-12-23-20-7-5-6-17(15-20)16-21-18-8-10-19(11-9-18)24-14-13-22-4-2/h5-11,15,21H,3-4,12-14,16H2,1-2H3. The molecule has 0 aliphatic carbocycles. The fraction of sp³-hybridized carbons (Fsp3) is 0.400. The van der Waals surface area contributed by atoms with Gasteiger partial charge in [0.25, 0.3) is 0 Å². The minimum atomic E-state index is 0.575. The summed E-state index contributed by atoms with van der Waals surface area (Å²) in [4.78, 5) is 0. The van der Waals surface area contributed by atoms with Crippen molar-refractivity contribution in [2.24, 2.45) is 0 Å². The van der Waals surface area contributed by atoms with Gasteiger partial charge in [0.05, 0.1) is 13.2 Å². The van der Waals surface area contributed by atoms with Gasteiger partial charge in [-0.3, -0.25) is 0 Å². The van der Waals surface area contributed by atoms with Gasteiger partial charge in [-0.2, -0.15) is 0 Å². The molecule has 0 amide bonds. The van der Waals surface area contributed by atoms with Crippen LogP contribution in [0.5, 0.6) is 11.5 Å². The minimum Gasteiger partial charge on any atom is -0.494 e. The van der Waals surface area contributed by atoms with Crippen molar-refractivity contribution < 1.29 is 14.2 Å². The first-order valence-corrected chi connectivity index (χ1v) is 8.58. The van der Waals surface area contributed by atoms with Crippen molar-refractivity contribution in [3.8, 4) is 11.5 Å². The van der Waals surface area contributed by atoms with Gasteiger partial charge in [0.1, 0.15) is 18.1 Å². The molecule has 0 atom stereocenters. The van der Waals surface area contributed by atoms with Crippen LogP contribution in [0, 0.1) is 0 Å². The Kier molecular flexibility index (Phi) is 7.98. The predicted molar refractivity (Wildman–Crippen MR) is 98.0 cm³/mol. The first kappa shape index (κ1) is 18.1. The van der Waals surface area contributed by atoms with E-state index in [4.69, 9.17) is 14.2 Å². The molecule has 0 fully saturated rings. The molecule has 2 rings (SSSR count). The van der Waals surface area contributed by atoms with Crippen LogP contribution in [-0.2, 0) is 11.3 Å². The van der Waals surface area contributed by atoms with Crippen molar-refractivity contribution in [1.82, 2.24) is 0 Å². The lowest BCUT2D eigenvalue weighted by molar-refractivity contribution is 0.110. The second-order valence-corrected chi connectivity index (χ2v) is 5.42. The highest BCUT2D eigenvalue weighted by Gasteiger charge is 1.99. The molecule has 0 saturated heterocycles. The van der Waals surface area contributed by atoms with E-state index in [-0.39, 0.29) is 0 Å². The monoisotopic (exact) mass is 329 g/mol. The van der Waals surface area contributed by atoms with E-state index in [2.05, 4.69) is 24.4 Å². The minimum absolute atomic E-state index is 0.575. The zero-order chi connectivity index (χ0) is 17.0. The lowest BCUT2D eigenvalue weighted by atomic mass is 10.2. The van der Waals surface area contributed by atoms with E-state index in [1.807, 2.05) is 43.3 Å². The highest BCUT2D eigenvalue weighted by atomic mass is 16.5. The molecule has 4 nitrogen and oxygen atoms in total. The number of anilines is 1. The van der Waals surface area contributed by atoms with Crippen LogP contribution in [0.1, 0.15) is 25.8 Å². The number of nitrogens with one attached hydrogen (secondary N) is 1. The van der Waals surface area contributed by atoms with Gasteiger partial charge >= 0.3 is 0 Å². The molecule has 2 aromatic carbocycles. The smallest absolute Gasteiger partial charge is 0.119 e. The van der Waals surface area contributed by atoms with Gasteiger partial charge in [0.15, 0.2) is 0 Å². The zero-order valence-corrected chi connectivity index (χ0v) is 14.6. The maximum atomic E-state index is 5.66. The Labute approximate surface area is 144 Å². The van der Waals surface area contributed by atoms with E-state index in [1.54, 1.807) is 0 Å². The summed E-state index contributed by atoms with van der Waals surface area (Å²) in [7, 11) is 0. The van der Waals surface area contributed by atoms with Crippen LogP contribution in [0.15, 0.2) is 48.5 Å². The number of hydrogen-bond acceptors (Lipinski definition) is 4. The number of ether oxygens (including phenoxy) is 3. The van der Waals surface area contributed by atoms with Crippen molar-refractivity contribution in [1.29, 1.82) is 0 Å². The third kappa shape index (κ3) is 6.50. The maximum Gasteiger partial charge on any atom is 0.119 e. The molecule has 0 heterocycles. The lowest BCUT2D eigenvalue weighted by Gasteiger charge is -2.10. The van der Waals surface area contributed by atoms with E-state index in [0.29, 0.717) is 13.2 Å². The van der Waals surface area contributed by atoms with Gasteiger partial charge in [-0.1, -0.05) is 19.1 Å². The normalized spacial score (nSPS) is 10.4. The third-order valence-corrected chi connectivity index (χ3v) is 3.42. The van der Waals surface area contributed by atoms with Gasteiger partial charge in [0.2, 0.25) is 0 Å². The average molecular weight is 329 g/mol. The first-order chi connectivity index (χ1) is 11.8.